The van der Waals surface area contributed by atoms with E-state index >= 15 is 0 Å². The molecule has 3 amide bonds. The standard InChI is InChI=1S/C13H24N4O5S/c1-7(14)11(19)16-8(3-4-10(15)18)12(20)17-9(13(21)22)5-6-23-2/h7-9H,3-6,14H2,1-2H3,(H2,15,18)(H,16,19)(H,17,20)(H,21,22). The van der Waals surface area contributed by atoms with Gasteiger partial charge in [-0.3, -0.25) is 14.4 Å². The minimum Gasteiger partial charge on any atom is -0.480 e. The van der Waals surface area contributed by atoms with Crippen LogP contribution in [0.15, 0.2) is 0 Å². The topological polar surface area (TPSA) is 165 Å². The third-order valence-corrected chi connectivity index (χ3v) is 3.60. The van der Waals surface area contributed by atoms with Crippen LogP contribution in [-0.4, -0.2) is 58.9 Å². The number of hydrogen-bond donors (Lipinski definition) is 5. The van der Waals surface area contributed by atoms with Crippen LogP contribution >= 0.6 is 11.8 Å². The fourth-order valence-electron chi connectivity index (χ4n) is 1.62. The molecule has 0 spiro atoms. The molecule has 0 rings (SSSR count). The molecule has 0 fully saturated rings. The van der Waals surface area contributed by atoms with E-state index in [1.165, 1.54) is 18.7 Å². The van der Waals surface area contributed by atoms with E-state index in [9.17, 15) is 19.2 Å². The zero-order valence-corrected chi connectivity index (χ0v) is 14.0. The SMILES string of the molecule is CSCCC(NC(=O)C(CCC(N)=O)NC(=O)C(C)N)C(=O)O. The van der Waals surface area contributed by atoms with Gasteiger partial charge in [-0.25, -0.2) is 4.79 Å². The van der Waals surface area contributed by atoms with Gasteiger partial charge in [0.25, 0.3) is 0 Å². The van der Waals surface area contributed by atoms with Gasteiger partial charge in [-0.2, -0.15) is 11.8 Å². The zero-order valence-electron chi connectivity index (χ0n) is 13.2. The van der Waals surface area contributed by atoms with Crippen molar-refractivity contribution >= 4 is 35.5 Å². The molecule has 0 aliphatic rings. The van der Waals surface area contributed by atoms with Crippen molar-refractivity contribution in [1.82, 2.24) is 10.6 Å². The fourth-order valence-corrected chi connectivity index (χ4v) is 2.10. The number of primary amides is 1. The van der Waals surface area contributed by atoms with Crippen molar-refractivity contribution in [2.45, 2.75) is 44.3 Å². The highest BCUT2D eigenvalue weighted by atomic mass is 32.2. The van der Waals surface area contributed by atoms with Crippen LogP contribution in [0, 0.1) is 0 Å². The first kappa shape index (κ1) is 21.2. The molecule has 0 heterocycles. The first-order valence-corrected chi connectivity index (χ1v) is 8.44. The van der Waals surface area contributed by atoms with Gasteiger partial charge < -0.3 is 27.2 Å². The van der Waals surface area contributed by atoms with Gasteiger partial charge in [0.1, 0.15) is 12.1 Å². The maximum absolute atomic E-state index is 12.2. The van der Waals surface area contributed by atoms with Crippen LogP contribution in [0.25, 0.3) is 0 Å². The molecule has 0 aromatic heterocycles. The molecule has 10 heteroatoms. The summed E-state index contributed by atoms with van der Waals surface area (Å²) in [7, 11) is 0. The normalized spacial score (nSPS) is 14.4. The van der Waals surface area contributed by atoms with E-state index in [-0.39, 0.29) is 19.3 Å². The average Bonchev–Trinajstić information content (AvgIpc) is 2.46. The summed E-state index contributed by atoms with van der Waals surface area (Å²) in [5.74, 6) is -2.51. The van der Waals surface area contributed by atoms with Crippen molar-refractivity contribution < 1.29 is 24.3 Å². The summed E-state index contributed by atoms with van der Waals surface area (Å²) in [6, 6.07) is -2.99. The number of thioether (sulfide) groups is 1. The average molecular weight is 348 g/mol. The lowest BCUT2D eigenvalue weighted by Crippen LogP contribution is -2.54. The van der Waals surface area contributed by atoms with Crippen LogP contribution in [0.3, 0.4) is 0 Å². The number of hydrogen-bond acceptors (Lipinski definition) is 6. The first-order chi connectivity index (χ1) is 10.7. The van der Waals surface area contributed by atoms with E-state index in [1.807, 2.05) is 6.26 Å². The molecule has 132 valence electrons. The molecule has 3 atom stereocenters. The molecule has 0 bridgehead atoms. The van der Waals surface area contributed by atoms with E-state index in [1.54, 1.807) is 0 Å². The quantitative estimate of drug-likeness (QED) is 0.300. The lowest BCUT2D eigenvalue weighted by Gasteiger charge is -2.21. The van der Waals surface area contributed by atoms with Gasteiger partial charge in [-0.05, 0) is 31.8 Å². The van der Waals surface area contributed by atoms with E-state index in [0.717, 1.165) is 0 Å². The van der Waals surface area contributed by atoms with Gasteiger partial charge in [0.15, 0.2) is 0 Å². The van der Waals surface area contributed by atoms with Crippen LogP contribution in [0.1, 0.15) is 26.2 Å². The monoisotopic (exact) mass is 348 g/mol. The molecule has 0 radical (unpaired) electrons. The lowest BCUT2D eigenvalue weighted by atomic mass is 10.1. The number of carbonyl (C=O) groups excluding carboxylic acids is 3. The fraction of sp³-hybridized carbons (Fsp3) is 0.692. The second-order valence-electron chi connectivity index (χ2n) is 5.04. The van der Waals surface area contributed by atoms with Crippen molar-refractivity contribution in [2.24, 2.45) is 11.5 Å². The van der Waals surface area contributed by atoms with Gasteiger partial charge >= 0.3 is 5.97 Å². The number of nitrogens with two attached hydrogens (primary N) is 2. The van der Waals surface area contributed by atoms with E-state index in [2.05, 4.69) is 10.6 Å². The van der Waals surface area contributed by atoms with E-state index < -0.39 is 41.8 Å². The summed E-state index contributed by atoms with van der Waals surface area (Å²) in [6.45, 7) is 1.44. The summed E-state index contributed by atoms with van der Waals surface area (Å²) in [6.07, 6.45) is 1.90. The number of carboxylic acid groups (broad SMARTS) is 1. The van der Waals surface area contributed by atoms with Crippen LogP contribution < -0.4 is 22.1 Å². The molecule has 0 saturated heterocycles. The number of nitrogens with one attached hydrogen (secondary N) is 2. The van der Waals surface area contributed by atoms with Gasteiger partial charge in [-0.1, -0.05) is 0 Å². The molecular formula is C13H24N4O5S. The Morgan fingerprint density at radius 1 is 1.09 bits per heavy atom. The highest BCUT2D eigenvalue weighted by Crippen LogP contribution is 2.04. The lowest BCUT2D eigenvalue weighted by molar-refractivity contribution is -0.142. The Labute approximate surface area is 138 Å². The minimum absolute atomic E-state index is 0.0332. The largest absolute Gasteiger partial charge is 0.480 e. The highest BCUT2D eigenvalue weighted by Gasteiger charge is 2.27. The number of carboxylic acids is 1. The zero-order chi connectivity index (χ0) is 18.0. The van der Waals surface area contributed by atoms with Crippen LogP contribution in [0.5, 0.6) is 0 Å². The molecule has 3 unspecified atom stereocenters. The maximum atomic E-state index is 12.2. The Hall–Kier alpha value is -1.81. The summed E-state index contributed by atoms with van der Waals surface area (Å²) in [5.41, 5.74) is 10.5. The molecule has 0 aliphatic carbocycles. The number of amides is 3. The number of aliphatic carboxylic acids is 1. The predicted octanol–water partition coefficient (Wildman–Crippen LogP) is -1.59. The first-order valence-electron chi connectivity index (χ1n) is 7.05. The Balaban J connectivity index is 4.89. The molecule has 0 saturated carbocycles. The van der Waals surface area contributed by atoms with Crippen LogP contribution in [0.4, 0.5) is 0 Å². The maximum Gasteiger partial charge on any atom is 0.326 e. The Kier molecular flexibility index (Phi) is 9.99. The van der Waals surface area contributed by atoms with E-state index in [0.29, 0.717) is 5.75 Å². The van der Waals surface area contributed by atoms with Crippen molar-refractivity contribution in [3.63, 3.8) is 0 Å². The van der Waals surface area contributed by atoms with Crippen molar-refractivity contribution in [3.8, 4) is 0 Å². The van der Waals surface area contributed by atoms with Crippen LogP contribution in [0.2, 0.25) is 0 Å². The molecule has 9 nitrogen and oxygen atoms in total. The summed E-state index contributed by atoms with van der Waals surface area (Å²) in [4.78, 5) is 45.9. The molecule has 7 N–H and O–H groups in total. The third kappa shape index (κ3) is 9.04. The molecular weight excluding hydrogens is 324 g/mol. The highest BCUT2D eigenvalue weighted by molar-refractivity contribution is 7.98. The van der Waals surface area contributed by atoms with Gasteiger partial charge in [0.2, 0.25) is 17.7 Å². The van der Waals surface area contributed by atoms with E-state index in [4.69, 9.17) is 16.6 Å². The second kappa shape index (κ2) is 10.8. The van der Waals surface area contributed by atoms with Gasteiger partial charge in [0.05, 0.1) is 6.04 Å². The van der Waals surface area contributed by atoms with Gasteiger partial charge in [-0.15, -0.1) is 0 Å². The smallest absolute Gasteiger partial charge is 0.326 e. The second-order valence-corrected chi connectivity index (χ2v) is 6.02. The van der Waals surface area contributed by atoms with Crippen molar-refractivity contribution in [1.29, 1.82) is 0 Å². The van der Waals surface area contributed by atoms with Crippen LogP contribution in [-0.2, 0) is 19.2 Å². The Morgan fingerprint density at radius 2 is 1.65 bits per heavy atom. The minimum atomic E-state index is -1.17. The molecule has 0 aromatic rings. The Morgan fingerprint density at radius 3 is 2.09 bits per heavy atom. The number of rotatable bonds is 11. The molecule has 0 aliphatic heterocycles. The van der Waals surface area contributed by atoms with Crippen molar-refractivity contribution in [2.75, 3.05) is 12.0 Å². The Bertz CT molecular complexity index is 444. The predicted molar refractivity (Wildman–Crippen MR) is 86.6 cm³/mol. The van der Waals surface area contributed by atoms with Crippen molar-refractivity contribution in [3.05, 3.63) is 0 Å². The molecule has 0 aromatic carbocycles. The third-order valence-electron chi connectivity index (χ3n) is 2.95. The summed E-state index contributed by atoms with van der Waals surface area (Å²) < 4.78 is 0. The summed E-state index contributed by atoms with van der Waals surface area (Å²) in [5, 5.41) is 13.9. The summed E-state index contributed by atoms with van der Waals surface area (Å²) >= 11 is 1.45. The molecule has 23 heavy (non-hydrogen) atoms. The number of carbonyl (C=O) groups is 4. The van der Waals surface area contributed by atoms with Gasteiger partial charge in [0, 0.05) is 6.42 Å².